The number of carbonyl (C=O) groups is 1. The number of rotatable bonds is 4. The molecule has 3 rings (SSSR count). The van der Waals surface area contributed by atoms with Crippen LogP contribution in [0.4, 0.5) is 11.4 Å². The van der Waals surface area contributed by atoms with Gasteiger partial charge in [0.25, 0.3) is 11.6 Å². The fourth-order valence-electron chi connectivity index (χ4n) is 2.14. The summed E-state index contributed by atoms with van der Waals surface area (Å²) in [5.74, 6) is -0.196. The number of nitrogens with zero attached hydrogens (tertiary/aromatic N) is 2. The van der Waals surface area contributed by atoms with Crippen LogP contribution < -0.4 is 5.32 Å². The first-order valence-electron chi connectivity index (χ1n) is 7.61. The third-order valence-electron chi connectivity index (χ3n) is 3.41. The minimum Gasteiger partial charge on any atom is -0.508 e. The number of aromatic hydroxyl groups is 1. The number of amides is 1. The number of halogens is 1. The number of non-ortho nitro benzene ring substituents is 1. The molecule has 2 aromatic carbocycles. The number of amidine groups is 1. The summed E-state index contributed by atoms with van der Waals surface area (Å²) in [7, 11) is 0. The molecule has 0 aliphatic carbocycles. The summed E-state index contributed by atoms with van der Waals surface area (Å²) in [6.07, 6.45) is 3.10. The Morgan fingerprint density at radius 3 is 2.48 bits per heavy atom. The Balaban J connectivity index is 1.75. The van der Waals surface area contributed by atoms with E-state index in [1.54, 1.807) is 30.3 Å². The van der Waals surface area contributed by atoms with Crippen LogP contribution in [0.2, 0.25) is 0 Å². The van der Waals surface area contributed by atoms with E-state index in [2.05, 4.69) is 10.3 Å². The van der Waals surface area contributed by atoms with Crippen molar-refractivity contribution in [3.05, 3.63) is 80.2 Å². The topological polar surface area (TPSA) is 105 Å². The van der Waals surface area contributed by atoms with E-state index in [-0.39, 0.29) is 17.3 Å². The zero-order chi connectivity index (χ0) is 19.4. The van der Waals surface area contributed by atoms with Gasteiger partial charge in [-0.05, 0) is 65.9 Å². The van der Waals surface area contributed by atoms with E-state index in [0.717, 1.165) is 11.8 Å². The Hall–Kier alpha value is -3.10. The van der Waals surface area contributed by atoms with Gasteiger partial charge in [-0.25, -0.2) is 4.99 Å². The average Bonchev–Trinajstić information content (AvgIpc) is 2.96. The van der Waals surface area contributed by atoms with Gasteiger partial charge in [0, 0.05) is 17.2 Å². The maximum absolute atomic E-state index is 12.1. The quantitative estimate of drug-likeness (QED) is 0.451. The zero-order valence-electron chi connectivity index (χ0n) is 13.6. The monoisotopic (exact) mass is 401 g/mol. The van der Waals surface area contributed by atoms with E-state index < -0.39 is 4.92 Å². The molecule has 1 aliphatic heterocycles. The lowest BCUT2D eigenvalue weighted by atomic mass is 10.2. The van der Waals surface area contributed by atoms with Crippen molar-refractivity contribution in [3.8, 4) is 5.75 Å². The second-order valence-corrected chi connectivity index (χ2v) is 6.84. The van der Waals surface area contributed by atoms with Crippen molar-refractivity contribution in [1.29, 1.82) is 0 Å². The highest BCUT2D eigenvalue weighted by Gasteiger charge is 2.23. The fourth-order valence-corrected chi connectivity index (χ4v) is 3.28. The summed E-state index contributed by atoms with van der Waals surface area (Å²) in [6, 6.07) is 12.1. The lowest BCUT2D eigenvalue weighted by molar-refractivity contribution is -0.384. The molecule has 0 radical (unpaired) electrons. The van der Waals surface area contributed by atoms with Gasteiger partial charge in [0.2, 0.25) is 0 Å². The number of allylic oxidation sites excluding steroid dienone is 2. The summed E-state index contributed by atoms with van der Waals surface area (Å²) >= 11 is 7.31. The van der Waals surface area contributed by atoms with Gasteiger partial charge in [-0.1, -0.05) is 11.6 Å². The molecule has 1 amide bonds. The molecule has 1 saturated heterocycles. The smallest absolute Gasteiger partial charge is 0.269 e. The van der Waals surface area contributed by atoms with Crippen LogP contribution in [0.3, 0.4) is 0 Å². The van der Waals surface area contributed by atoms with Crippen molar-refractivity contribution in [2.75, 3.05) is 0 Å². The van der Waals surface area contributed by atoms with E-state index in [0.29, 0.717) is 26.4 Å². The predicted molar refractivity (Wildman–Crippen MR) is 106 cm³/mol. The van der Waals surface area contributed by atoms with Gasteiger partial charge >= 0.3 is 0 Å². The van der Waals surface area contributed by atoms with Crippen molar-refractivity contribution < 1.29 is 14.8 Å². The normalized spacial score (nSPS) is 17.4. The van der Waals surface area contributed by atoms with Crippen LogP contribution in [-0.4, -0.2) is 21.1 Å². The lowest BCUT2D eigenvalue weighted by Gasteiger charge is -1.96. The SMILES string of the molecule is O=C1NC(=Nc2ccc(O)cc2)SC1=CC(Cl)=Cc1ccc([N+](=O)[O-])cc1. The molecule has 0 atom stereocenters. The standard InChI is InChI=1S/C18H12ClN3O4S/c19-12(9-11-1-5-14(6-2-11)22(25)26)10-16-17(24)21-18(27-16)20-13-3-7-15(23)8-4-13/h1-10,23H,(H,20,21,24). The highest BCUT2D eigenvalue weighted by atomic mass is 35.5. The van der Waals surface area contributed by atoms with Crippen molar-refractivity contribution >= 4 is 51.9 Å². The molecule has 0 bridgehead atoms. The second-order valence-electron chi connectivity index (χ2n) is 5.38. The molecule has 1 heterocycles. The Kier molecular flexibility index (Phi) is 5.58. The van der Waals surface area contributed by atoms with E-state index >= 15 is 0 Å². The molecule has 1 aliphatic rings. The Morgan fingerprint density at radius 2 is 1.85 bits per heavy atom. The van der Waals surface area contributed by atoms with Crippen LogP contribution in [0.25, 0.3) is 6.08 Å². The number of nitrogens with one attached hydrogen (secondary N) is 1. The molecular formula is C18H12ClN3O4S. The Bertz CT molecular complexity index is 983. The van der Waals surface area contributed by atoms with Crippen molar-refractivity contribution in [2.24, 2.45) is 4.99 Å². The van der Waals surface area contributed by atoms with Crippen LogP contribution in [0.1, 0.15) is 5.56 Å². The molecule has 2 N–H and O–H groups in total. The van der Waals surface area contributed by atoms with Gasteiger partial charge in [-0.2, -0.15) is 0 Å². The minimum atomic E-state index is -0.481. The predicted octanol–water partition coefficient (Wildman–Crippen LogP) is 4.31. The lowest BCUT2D eigenvalue weighted by Crippen LogP contribution is -2.19. The summed E-state index contributed by atoms with van der Waals surface area (Å²) < 4.78 is 0. The van der Waals surface area contributed by atoms with Crippen molar-refractivity contribution in [3.63, 3.8) is 0 Å². The molecular weight excluding hydrogens is 390 g/mol. The summed E-state index contributed by atoms with van der Waals surface area (Å²) in [5, 5.41) is 23.3. The maximum Gasteiger partial charge on any atom is 0.269 e. The van der Waals surface area contributed by atoms with Crippen LogP contribution in [0, 0.1) is 10.1 Å². The van der Waals surface area contributed by atoms with Crippen LogP contribution >= 0.6 is 23.4 Å². The number of carbonyl (C=O) groups excluding carboxylic acids is 1. The second kappa shape index (κ2) is 8.07. The average molecular weight is 402 g/mol. The number of phenolic OH excluding ortho intramolecular Hbond substituents is 1. The summed E-state index contributed by atoms with van der Waals surface area (Å²) in [6.45, 7) is 0. The fraction of sp³-hybridized carbons (Fsp3) is 0. The molecule has 7 nitrogen and oxygen atoms in total. The van der Waals surface area contributed by atoms with E-state index in [1.807, 2.05) is 0 Å². The Labute approximate surface area is 163 Å². The number of nitro benzene ring substituents is 1. The molecule has 1 fully saturated rings. The molecule has 2 aromatic rings. The zero-order valence-corrected chi connectivity index (χ0v) is 15.2. The molecule has 0 aromatic heterocycles. The number of thioether (sulfide) groups is 1. The van der Waals surface area contributed by atoms with Gasteiger partial charge < -0.3 is 10.4 Å². The van der Waals surface area contributed by atoms with E-state index in [4.69, 9.17) is 11.6 Å². The first-order chi connectivity index (χ1) is 12.9. The van der Waals surface area contributed by atoms with Crippen LogP contribution in [0.5, 0.6) is 5.75 Å². The van der Waals surface area contributed by atoms with Gasteiger partial charge in [-0.15, -0.1) is 0 Å². The number of aliphatic imine (C=N–C) groups is 1. The number of benzene rings is 2. The van der Waals surface area contributed by atoms with Crippen molar-refractivity contribution in [2.45, 2.75) is 0 Å². The number of hydrogen-bond donors (Lipinski definition) is 2. The van der Waals surface area contributed by atoms with Crippen LogP contribution in [-0.2, 0) is 4.79 Å². The Morgan fingerprint density at radius 1 is 1.19 bits per heavy atom. The molecule has 27 heavy (non-hydrogen) atoms. The number of phenols is 1. The summed E-state index contributed by atoms with van der Waals surface area (Å²) in [4.78, 5) is 26.9. The molecule has 0 unspecified atom stereocenters. The van der Waals surface area contributed by atoms with Crippen LogP contribution in [0.15, 0.2) is 69.5 Å². The highest BCUT2D eigenvalue weighted by Crippen LogP contribution is 2.29. The molecule has 136 valence electrons. The van der Waals surface area contributed by atoms with E-state index in [9.17, 15) is 20.0 Å². The van der Waals surface area contributed by atoms with Crippen molar-refractivity contribution in [1.82, 2.24) is 5.32 Å². The third-order valence-corrected chi connectivity index (χ3v) is 4.54. The minimum absolute atomic E-state index is 0.0116. The van der Waals surface area contributed by atoms with Gasteiger partial charge in [0.1, 0.15) is 5.75 Å². The largest absolute Gasteiger partial charge is 0.508 e. The first-order valence-corrected chi connectivity index (χ1v) is 8.80. The highest BCUT2D eigenvalue weighted by molar-refractivity contribution is 8.18. The summed E-state index contributed by atoms with van der Waals surface area (Å²) in [5.41, 5.74) is 1.25. The molecule has 0 spiro atoms. The van der Waals surface area contributed by atoms with E-state index in [1.165, 1.54) is 30.3 Å². The first kappa shape index (κ1) is 18.7. The number of nitro groups is 1. The molecule has 0 saturated carbocycles. The van der Waals surface area contributed by atoms with Gasteiger partial charge in [0.05, 0.1) is 15.5 Å². The maximum atomic E-state index is 12.1. The molecule has 9 heteroatoms. The number of hydrogen-bond acceptors (Lipinski definition) is 6. The van der Waals surface area contributed by atoms with Gasteiger partial charge in [0.15, 0.2) is 5.17 Å². The van der Waals surface area contributed by atoms with Gasteiger partial charge in [-0.3, -0.25) is 14.9 Å². The third kappa shape index (κ3) is 4.96.